The zero-order chi connectivity index (χ0) is 17.2. The van der Waals surface area contributed by atoms with E-state index in [1.807, 2.05) is 7.11 Å². The molecule has 1 atom stereocenters. The first kappa shape index (κ1) is 17.7. The molecule has 1 aliphatic rings. The van der Waals surface area contributed by atoms with Gasteiger partial charge in [0, 0.05) is 11.6 Å². The Morgan fingerprint density at radius 2 is 1.88 bits per heavy atom. The first-order chi connectivity index (χ1) is 11.5. The fraction of sp³-hybridized carbons (Fsp3) is 0.455. The van der Waals surface area contributed by atoms with Gasteiger partial charge in [-0.3, -0.25) is 0 Å². The lowest BCUT2D eigenvalue weighted by Crippen LogP contribution is -2.22. The predicted molar refractivity (Wildman–Crippen MR) is 104 cm³/mol. The minimum absolute atomic E-state index is 0.139. The average molecular weight is 387 g/mol. The number of halogens is 1. The van der Waals surface area contributed by atoms with E-state index in [1.165, 1.54) is 29.5 Å². The van der Waals surface area contributed by atoms with Gasteiger partial charge in [-0.05, 0) is 65.8 Å². The van der Waals surface area contributed by atoms with Crippen molar-refractivity contribution in [2.24, 2.45) is 5.92 Å². The number of rotatable bonds is 7. The Hall–Kier alpha value is -1.12. The lowest BCUT2D eigenvalue weighted by atomic mass is 9.76. The summed E-state index contributed by atoms with van der Waals surface area (Å²) in [6, 6.07) is 17.4. The molecular weight excluding hydrogens is 360 g/mol. The number of methoxy groups -OCH3 is 1. The zero-order valence-electron chi connectivity index (χ0n) is 14.9. The molecule has 3 rings (SSSR count). The molecule has 0 N–H and O–H groups in total. The second kappa shape index (κ2) is 7.41. The third-order valence-electron chi connectivity index (χ3n) is 5.49. The number of aryl methyl sites for hydroxylation is 1. The van der Waals surface area contributed by atoms with Gasteiger partial charge in [0.1, 0.15) is 0 Å². The van der Waals surface area contributed by atoms with E-state index in [9.17, 15) is 0 Å². The number of ether oxygens (including phenoxy) is 1. The van der Waals surface area contributed by atoms with E-state index in [0.717, 1.165) is 23.2 Å². The Morgan fingerprint density at radius 3 is 2.54 bits per heavy atom. The molecule has 0 saturated heterocycles. The minimum Gasteiger partial charge on any atom is -0.377 e. The highest BCUT2D eigenvalue weighted by molar-refractivity contribution is 9.10. The highest BCUT2D eigenvalue weighted by Gasteiger charge is 2.39. The van der Waals surface area contributed by atoms with Crippen molar-refractivity contribution in [3.05, 3.63) is 69.7 Å². The van der Waals surface area contributed by atoms with E-state index in [1.54, 1.807) is 0 Å². The molecule has 0 radical (unpaired) electrons. The van der Waals surface area contributed by atoms with Crippen LogP contribution in [-0.2, 0) is 16.6 Å². The molecule has 2 aromatic rings. The van der Waals surface area contributed by atoms with Crippen molar-refractivity contribution in [3.63, 3.8) is 0 Å². The Kier molecular flexibility index (Phi) is 5.46. The summed E-state index contributed by atoms with van der Waals surface area (Å²) < 4.78 is 6.89. The highest BCUT2D eigenvalue weighted by Crippen LogP contribution is 2.48. The first-order valence-electron chi connectivity index (χ1n) is 8.89. The van der Waals surface area contributed by atoms with Gasteiger partial charge < -0.3 is 4.74 Å². The molecule has 0 amide bonds. The predicted octanol–water partition coefficient (Wildman–Crippen LogP) is 6.46. The van der Waals surface area contributed by atoms with E-state index in [-0.39, 0.29) is 11.5 Å². The molecule has 2 aromatic carbocycles. The van der Waals surface area contributed by atoms with Crippen LogP contribution in [0, 0.1) is 5.92 Å². The fourth-order valence-electron chi connectivity index (χ4n) is 3.81. The van der Waals surface area contributed by atoms with Crippen LogP contribution in [0.15, 0.2) is 53.0 Å². The van der Waals surface area contributed by atoms with E-state index < -0.39 is 0 Å². The molecule has 0 spiro atoms. The Balaban J connectivity index is 1.76. The van der Waals surface area contributed by atoms with Gasteiger partial charge in [-0.2, -0.15) is 0 Å². The van der Waals surface area contributed by atoms with Crippen molar-refractivity contribution < 1.29 is 4.74 Å². The summed E-state index contributed by atoms with van der Waals surface area (Å²) in [7, 11) is 1.81. The second-order valence-electron chi connectivity index (χ2n) is 7.47. The quantitative estimate of drug-likeness (QED) is 0.530. The van der Waals surface area contributed by atoms with Crippen LogP contribution in [0.2, 0.25) is 0 Å². The fourth-order valence-corrected chi connectivity index (χ4v) is 4.22. The van der Waals surface area contributed by atoms with Gasteiger partial charge in [-0.15, -0.1) is 0 Å². The van der Waals surface area contributed by atoms with E-state index in [2.05, 4.69) is 78.3 Å². The minimum atomic E-state index is 0.139. The van der Waals surface area contributed by atoms with Gasteiger partial charge in [0.25, 0.3) is 0 Å². The molecule has 0 bridgehead atoms. The lowest BCUT2D eigenvalue weighted by molar-refractivity contribution is 0.0958. The summed E-state index contributed by atoms with van der Waals surface area (Å²) in [6.07, 6.45) is 4.95. The zero-order valence-corrected chi connectivity index (χ0v) is 16.5. The van der Waals surface area contributed by atoms with Crippen LogP contribution < -0.4 is 0 Å². The van der Waals surface area contributed by atoms with Crippen LogP contribution in [0.3, 0.4) is 0 Å². The maximum atomic E-state index is 5.78. The van der Waals surface area contributed by atoms with Crippen molar-refractivity contribution >= 4 is 15.9 Å². The topological polar surface area (TPSA) is 9.23 Å². The van der Waals surface area contributed by atoms with Crippen LogP contribution >= 0.6 is 15.9 Å². The Bertz CT molecular complexity index is 688. The molecule has 1 fully saturated rings. The molecule has 1 saturated carbocycles. The summed E-state index contributed by atoms with van der Waals surface area (Å²) in [5.41, 5.74) is 4.53. The smallest absolute Gasteiger partial charge is 0.0824 e. The van der Waals surface area contributed by atoms with E-state index >= 15 is 0 Å². The molecule has 1 aliphatic carbocycles. The summed E-state index contributed by atoms with van der Waals surface area (Å²) in [5, 5.41) is 0. The van der Waals surface area contributed by atoms with Gasteiger partial charge >= 0.3 is 0 Å². The van der Waals surface area contributed by atoms with Gasteiger partial charge in [0.2, 0.25) is 0 Å². The third kappa shape index (κ3) is 3.92. The maximum Gasteiger partial charge on any atom is 0.0824 e. The largest absolute Gasteiger partial charge is 0.377 e. The van der Waals surface area contributed by atoms with Gasteiger partial charge in [-0.1, -0.05) is 66.2 Å². The lowest BCUT2D eigenvalue weighted by Gasteiger charge is -2.28. The van der Waals surface area contributed by atoms with Gasteiger partial charge in [0.05, 0.1) is 6.10 Å². The molecule has 128 valence electrons. The highest BCUT2D eigenvalue weighted by atomic mass is 79.9. The molecule has 1 nitrogen and oxygen atoms in total. The van der Waals surface area contributed by atoms with Crippen molar-refractivity contribution in [1.82, 2.24) is 0 Å². The van der Waals surface area contributed by atoms with Crippen molar-refractivity contribution in [2.45, 2.75) is 51.0 Å². The molecular formula is C22H27BrO. The third-order valence-corrected chi connectivity index (χ3v) is 5.98. The van der Waals surface area contributed by atoms with Crippen LogP contribution in [0.4, 0.5) is 0 Å². The van der Waals surface area contributed by atoms with Crippen LogP contribution in [0.1, 0.15) is 55.9 Å². The summed E-state index contributed by atoms with van der Waals surface area (Å²) in [6.45, 7) is 4.82. The van der Waals surface area contributed by atoms with Gasteiger partial charge in [-0.25, -0.2) is 0 Å². The molecule has 1 unspecified atom stereocenters. The normalized spacial score (nSPS) is 16.2. The van der Waals surface area contributed by atoms with E-state index in [0.29, 0.717) is 0 Å². The Morgan fingerprint density at radius 1 is 1.12 bits per heavy atom. The summed E-state index contributed by atoms with van der Waals surface area (Å²) in [5.74, 6) is 0.849. The van der Waals surface area contributed by atoms with Gasteiger partial charge in [0.15, 0.2) is 0 Å². The molecule has 0 aromatic heterocycles. The first-order valence-corrected chi connectivity index (χ1v) is 9.68. The number of hydrogen-bond acceptors (Lipinski definition) is 1. The summed E-state index contributed by atoms with van der Waals surface area (Å²) in [4.78, 5) is 0. The maximum absolute atomic E-state index is 5.78. The van der Waals surface area contributed by atoms with Crippen molar-refractivity contribution in [3.8, 4) is 0 Å². The monoisotopic (exact) mass is 386 g/mol. The van der Waals surface area contributed by atoms with Crippen LogP contribution in [0.25, 0.3) is 0 Å². The number of hydrogen-bond donors (Lipinski definition) is 0. The Labute approximate surface area is 154 Å². The second-order valence-corrected chi connectivity index (χ2v) is 8.39. The van der Waals surface area contributed by atoms with E-state index in [4.69, 9.17) is 4.74 Å². The van der Waals surface area contributed by atoms with Crippen LogP contribution in [-0.4, -0.2) is 7.11 Å². The molecule has 0 aliphatic heterocycles. The molecule has 2 heteroatoms. The van der Waals surface area contributed by atoms with Crippen molar-refractivity contribution in [1.29, 1.82) is 0 Å². The standard InChI is InChI=1S/C22H27BrO/c1-22(2,18-12-13-18)20-10-5-4-7-16(20)11-14-21(24-3)17-8-6-9-19(23)15-17/h4-10,15,18,21H,11-14H2,1-3H3. The SMILES string of the molecule is COC(CCc1ccccc1C(C)(C)C1CC1)c1cccc(Br)c1. The van der Waals surface area contributed by atoms with Crippen LogP contribution in [0.5, 0.6) is 0 Å². The summed E-state index contributed by atoms with van der Waals surface area (Å²) >= 11 is 3.56. The average Bonchev–Trinajstić information content (AvgIpc) is 3.41. The van der Waals surface area contributed by atoms with Crippen molar-refractivity contribution in [2.75, 3.05) is 7.11 Å². The molecule has 24 heavy (non-hydrogen) atoms. The molecule has 0 heterocycles. The number of benzene rings is 2.